The molecule has 1 atom stereocenters. The van der Waals surface area contributed by atoms with Gasteiger partial charge in [0.05, 0.1) is 6.61 Å². The van der Waals surface area contributed by atoms with Gasteiger partial charge in [-0.1, -0.05) is 281 Å². The van der Waals surface area contributed by atoms with E-state index in [0.29, 0.717) is 12.8 Å². The van der Waals surface area contributed by atoms with Crippen molar-refractivity contribution in [1.82, 2.24) is 0 Å². The normalized spacial score (nSPS) is 12.5. The van der Waals surface area contributed by atoms with Crippen LogP contribution in [0.5, 0.6) is 0 Å². The lowest BCUT2D eigenvalue weighted by molar-refractivity contribution is -0.161. The van der Waals surface area contributed by atoms with E-state index < -0.39 is 6.10 Å². The average molecular weight is 898 g/mol. The topological polar surface area (TPSA) is 72.8 Å². The van der Waals surface area contributed by atoms with E-state index in [9.17, 15) is 14.7 Å². The zero-order valence-corrected chi connectivity index (χ0v) is 42.8. The Morgan fingerprint density at radius 3 is 1.02 bits per heavy atom. The number of hydrogen-bond acceptors (Lipinski definition) is 5. The Morgan fingerprint density at radius 1 is 0.375 bits per heavy atom. The first-order chi connectivity index (χ1) is 31.6. The fourth-order valence-corrected chi connectivity index (χ4v) is 8.43. The summed E-state index contributed by atoms with van der Waals surface area (Å²) in [5.41, 5.74) is 0. The van der Waals surface area contributed by atoms with Gasteiger partial charge in [-0.2, -0.15) is 0 Å². The highest BCUT2D eigenvalue weighted by Gasteiger charge is 2.16. The predicted molar refractivity (Wildman–Crippen MR) is 279 cm³/mol. The first-order valence-electron chi connectivity index (χ1n) is 28.2. The minimum atomic E-state index is -0.780. The van der Waals surface area contributed by atoms with Gasteiger partial charge < -0.3 is 14.6 Å². The van der Waals surface area contributed by atoms with Crippen molar-refractivity contribution in [3.63, 3.8) is 0 Å². The number of aliphatic hydroxyl groups is 1. The van der Waals surface area contributed by atoms with E-state index in [2.05, 4.69) is 62.5 Å². The monoisotopic (exact) mass is 897 g/mol. The molecule has 1 N–H and O–H groups in total. The molecule has 0 aliphatic heterocycles. The lowest BCUT2D eigenvalue weighted by Crippen LogP contribution is -2.28. The molecule has 5 nitrogen and oxygen atoms in total. The van der Waals surface area contributed by atoms with Crippen LogP contribution in [0.15, 0.2) is 48.6 Å². The smallest absolute Gasteiger partial charge is 0.306 e. The third kappa shape index (κ3) is 52.5. The number of unbranched alkanes of at least 4 members (excludes halogenated alkanes) is 36. The van der Waals surface area contributed by atoms with Gasteiger partial charge in [0, 0.05) is 12.8 Å². The summed E-state index contributed by atoms with van der Waals surface area (Å²) in [5.74, 6) is -0.595. The summed E-state index contributed by atoms with van der Waals surface area (Å²) in [7, 11) is 0. The van der Waals surface area contributed by atoms with E-state index in [4.69, 9.17) is 9.47 Å². The molecule has 64 heavy (non-hydrogen) atoms. The minimum Gasteiger partial charge on any atom is -0.462 e. The van der Waals surface area contributed by atoms with Gasteiger partial charge in [-0.15, -0.1) is 0 Å². The number of carbonyl (C=O) groups is 2. The van der Waals surface area contributed by atoms with Crippen molar-refractivity contribution in [3.8, 4) is 0 Å². The summed E-state index contributed by atoms with van der Waals surface area (Å²) < 4.78 is 10.7. The van der Waals surface area contributed by atoms with Crippen LogP contribution in [0.25, 0.3) is 0 Å². The Hall–Kier alpha value is -2.14. The molecule has 1 unspecified atom stereocenters. The van der Waals surface area contributed by atoms with Crippen molar-refractivity contribution < 1.29 is 24.2 Å². The molecule has 374 valence electrons. The van der Waals surface area contributed by atoms with Gasteiger partial charge in [-0.25, -0.2) is 0 Å². The number of rotatable bonds is 52. The molecule has 0 saturated carbocycles. The van der Waals surface area contributed by atoms with Gasteiger partial charge in [0.25, 0.3) is 0 Å². The van der Waals surface area contributed by atoms with Gasteiger partial charge in [0.2, 0.25) is 0 Å². The maximum atomic E-state index is 12.3. The van der Waals surface area contributed by atoms with Crippen LogP contribution in [-0.4, -0.2) is 36.4 Å². The van der Waals surface area contributed by atoms with Crippen LogP contribution in [0.3, 0.4) is 0 Å². The van der Waals surface area contributed by atoms with Crippen LogP contribution < -0.4 is 0 Å². The molecule has 0 spiro atoms. The fourth-order valence-electron chi connectivity index (χ4n) is 8.43. The Balaban J connectivity index is 3.43. The second kappa shape index (κ2) is 55.2. The quantitative estimate of drug-likeness (QED) is 0.0374. The molecule has 5 heteroatoms. The van der Waals surface area contributed by atoms with Gasteiger partial charge in [0.15, 0.2) is 6.10 Å². The lowest BCUT2D eigenvalue weighted by Gasteiger charge is -2.15. The predicted octanol–water partition coefficient (Wildman–Crippen LogP) is 18.9. The maximum absolute atomic E-state index is 12.3. The molecule has 0 amide bonds. The maximum Gasteiger partial charge on any atom is 0.306 e. The molecule has 0 rings (SSSR count). The number of esters is 2. The molecule has 0 aromatic heterocycles. The molecule has 0 aromatic rings. The zero-order chi connectivity index (χ0) is 46.3. The van der Waals surface area contributed by atoms with Crippen molar-refractivity contribution in [2.45, 2.75) is 302 Å². The summed E-state index contributed by atoms with van der Waals surface area (Å²) in [4.78, 5) is 24.5. The largest absolute Gasteiger partial charge is 0.462 e. The fraction of sp³-hybridized carbons (Fsp3) is 0.831. The minimum absolute atomic E-state index is 0.0695. The van der Waals surface area contributed by atoms with E-state index in [0.717, 1.165) is 70.6 Å². The summed E-state index contributed by atoms with van der Waals surface area (Å²) in [6, 6.07) is 0. The molecule has 0 radical (unpaired) electrons. The third-order valence-corrected chi connectivity index (χ3v) is 12.6. The van der Waals surface area contributed by atoms with Crippen LogP contribution in [0.4, 0.5) is 0 Å². The summed E-state index contributed by atoms with van der Waals surface area (Å²) in [6.07, 6.45) is 72.4. The second-order valence-electron chi connectivity index (χ2n) is 19.0. The van der Waals surface area contributed by atoms with Crippen LogP contribution in [0.1, 0.15) is 296 Å². The van der Waals surface area contributed by atoms with E-state index in [1.807, 2.05) is 0 Å². The Labute approximate surface area is 398 Å². The average Bonchev–Trinajstić information content (AvgIpc) is 3.30. The second-order valence-corrected chi connectivity index (χ2v) is 19.0. The third-order valence-electron chi connectivity index (χ3n) is 12.6. The summed E-state index contributed by atoms with van der Waals surface area (Å²) in [5, 5.41) is 9.64. The number of carbonyl (C=O) groups excluding carboxylic acids is 2. The molecule has 0 bridgehead atoms. The van der Waals surface area contributed by atoms with Crippen LogP contribution in [-0.2, 0) is 19.1 Å². The van der Waals surface area contributed by atoms with Gasteiger partial charge in [-0.3, -0.25) is 9.59 Å². The van der Waals surface area contributed by atoms with E-state index in [-0.39, 0.29) is 25.2 Å². The van der Waals surface area contributed by atoms with Crippen molar-refractivity contribution in [3.05, 3.63) is 48.6 Å². The molecule has 0 aromatic carbocycles. The molecule has 0 aliphatic carbocycles. The molecule has 0 heterocycles. The molecule has 0 saturated heterocycles. The molecule has 0 aliphatic rings. The van der Waals surface area contributed by atoms with E-state index in [1.165, 1.54) is 199 Å². The first-order valence-corrected chi connectivity index (χ1v) is 28.2. The summed E-state index contributed by atoms with van der Waals surface area (Å²) in [6.45, 7) is 4.05. The van der Waals surface area contributed by atoms with Crippen LogP contribution >= 0.6 is 0 Å². The van der Waals surface area contributed by atoms with Crippen LogP contribution in [0.2, 0.25) is 0 Å². The lowest BCUT2D eigenvalue weighted by atomic mass is 10.0. The summed E-state index contributed by atoms with van der Waals surface area (Å²) >= 11 is 0. The highest BCUT2D eigenvalue weighted by Crippen LogP contribution is 2.17. The van der Waals surface area contributed by atoms with Crippen molar-refractivity contribution >= 4 is 11.9 Å². The highest BCUT2D eigenvalue weighted by atomic mass is 16.6. The molecular formula is C59H108O5. The zero-order valence-electron chi connectivity index (χ0n) is 42.8. The van der Waals surface area contributed by atoms with Crippen molar-refractivity contribution in [2.75, 3.05) is 13.2 Å². The standard InChI is InChI=1S/C59H108O5/c1-3-5-7-9-11-13-15-17-19-21-23-24-25-26-27-28-29-30-31-32-33-34-36-37-39-41-43-45-47-49-51-53-58(61)63-56-57(55-60)64-59(62)54-52-50-48-46-44-42-40-38-35-22-20-18-16-14-12-10-8-6-4-2/h6,8,12,14,18,20,35,38,57,60H,3-5,7,9-11,13,15-17,19,21-34,36-37,39-56H2,1-2H3/b8-6-,14-12-,20-18-,38-35-. The SMILES string of the molecule is CC/C=C\C/C=C\C/C=C\C/C=C\CCCCCCCCC(=O)OC(CO)COC(=O)CCCCCCCCCCCCCCCCCCCCCCCCCCCCCCCCC. The number of aliphatic hydroxyl groups excluding tert-OH is 1. The Bertz CT molecular complexity index is 1060. The van der Waals surface area contributed by atoms with Crippen molar-refractivity contribution in [1.29, 1.82) is 0 Å². The highest BCUT2D eigenvalue weighted by molar-refractivity contribution is 5.70. The van der Waals surface area contributed by atoms with Crippen molar-refractivity contribution in [2.24, 2.45) is 0 Å². The molecule has 0 fully saturated rings. The number of ether oxygens (including phenoxy) is 2. The van der Waals surface area contributed by atoms with Crippen LogP contribution in [0, 0.1) is 0 Å². The first kappa shape index (κ1) is 61.9. The number of allylic oxidation sites excluding steroid dienone is 8. The van der Waals surface area contributed by atoms with E-state index in [1.54, 1.807) is 0 Å². The number of hydrogen-bond donors (Lipinski definition) is 1. The Morgan fingerprint density at radius 2 is 0.672 bits per heavy atom. The van der Waals surface area contributed by atoms with E-state index >= 15 is 0 Å². The van der Waals surface area contributed by atoms with Gasteiger partial charge in [-0.05, 0) is 51.4 Å². The van der Waals surface area contributed by atoms with Gasteiger partial charge in [0.1, 0.15) is 6.61 Å². The van der Waals surface area contributed by atoms with Gasteiger partial charge >= 0.3 is 11.9 Å². The Kier molecular flexibility index (Phi) is 53.3. The molecular weight excluding hydrogens is 789 g/mol.